The molecule has 0 bridgehead atoms. The molecule has 8 heteroatoms. The van der Waals surface area contributed by atoms with Crippen molar-refractivity contribution in [3.05, 3.63) is 18.3 Å². The van der Waals surface area contributed by atoms with Gasteiger partial charge in [-0.2, -0.15) is 0 Å². The molecule has 1 rings (SSSR count). The Hall–Kier alpha value is -1.22. The number of pyridine rings is 1. The summed E-state index contributed by atoms with van der Waals surface area (Å²) < 4.78 is 31.8. The Morgan fingerprint density at radius 2 is 2.10 bits per heavy atom. The van der Waals surface area contributed by atoms with Crippen LogP contribution < -0.4 is 10.0 Å². The first-order valence-electron chi connectivity index (χ1n) is 6.31. The van der Waals surface area contributed by atoms with E-state index in [0.717, 1.165) is 6.54 Å². The van der Waals surface area contributed by atoms with Crippen molar-refractivity contribution in [1.82, 2.24) is 14.6 Å². The highest BCUT2D eigenvalue weighted by molar-refractivity contribution is 7.89. The highest BCUT2D eigenvalue weighted by atomic mass is 32.2. The Labute approximate surface area is 120 Å². The van der Waals surface area contributed by atoms with Crippen LogP contribution in [0.2, 0.25) is 0 Å². The number of ether oxygens (including phenoxy) is 1. The molecule has 0 aromatic carbocycles. The van der Waals surface area contributed by atoms with Gasteiger partial charge in [0, 0.05) is 32.4 Å². The van der Waals surface area contributed by atoms with Crippen LogP contribution in [-0.4, -0.2) is 65.7 Å². The third-order valence-electron chi connectivity index (χ3n) is 2.52. The molecule has 114 valence electrons. The fourth-order valence-electron chi connectivity index (χ4n) is 1.40. The molecule has 1 heterocycles. The van der Waals surface area contributed by atoms with Crippen molar-refractivity contribution in [3.8, 4) is 0 Å². The number of aromatic nitrogens is 1. The summed E-state index contributed by atoms with van der Waals surface area (Å²) in [6.07, 6.45) is 1.45. The van der Waals surface area contributed by atoms with Crippen LogP contribution in [-0.2, 0) is 14.8 Å². The van der Waals surface area contributed by atoms with Crippen LogP contribution in [0.4, 0.5) is 5.82 Å². The van der Waals surface area contributed by atoms with Crippen LogP contribution in [0.25, 0.3) is 0 Å². The van der Waals surface area contributed by atoms with E-state index in [9.17, 15) is 8.42 Å². The average Bonchev–Trinajstić information content (AvgIpc) is 2.42. The Morgan fingerprint density at radius 1 is 1.35 bits per heavy atom. The monoisotopic (exact) mass is 302 g/mol. The van der Waals surface area contributed by atoms with Gasteiger partial charge in [-0.15, -0.1) is 0 Å². The van der Waals surface area contributed by atoms with Gasteiger partial charge in [0.2, 0.25) is 10.0 Å². The van der Waals surface area contributed by atoms with Gasteiger partial charge in [-0.25, -0.2) is 18.1 Å². The molecule has 0 radical (unpaired) electrons. The lowest BCUT2D eigenvalue weighted by atomic mass is 10.5. The molecule has 0 saturated carbocycles. The van der Waals surface area contributed by atoms with E-state index in [2.05, 4.69) is 15.0 Å². The first kappa shape index (κ1) is 16.8. The van der Waals surface area contributed by atoms with Gasteiger partial charge in [0.15, 0.2) is 0 Å². The lowest BCUT2D eigenvalue weighted by Gasteiger charge is -2.11. The number of hydrogen-bond donors (Lipinski definition) is 2. The molecular formula is C12H22N4O3S. The molecule has 0 aliphatic carbocycles. The largest absolute Gasteiger partial charge is 0.379 e. The van der Waals surface area contributed by atoms with E-state index in [1.54, 1.807) is 7.05 Å². The van der Waals surface area contributed by atoms with E-state index in [-0.39, 0.29) is 11.4 Å². The Kier molecular flexibility index (Phi) is 6.86. The van der Waals surface area contributed by atoms with E-state index in [1.807, 2.05) is 19.0 Å². The summed E-state index contributed by atoms with van der Waals surface area (Å²) in [5.41, 5.74) is 0. The zero-order valence-corrected chi connectivity index (χ0v) is 12.9. The van der Waals surface area contributed by atoms with Gasteiger partial charge < -0.3 is 15.0 Å². The van der Waals surface area contributed by atoms with Gasteiger partial charge >= 0.3 is 0 Å². The highest BCUT2D eigenvalue weighted by Crippen LogP contribution is 2.11. The number of anilines is 1. The number of nitrogens with zero attached hydrogens (tertiary/aromatic N) is 2. The Morgan fingerprint density at radius 3 is 2.75 bits per heavy atom. The first-order chi connectivity index (χ1) is 9.45. The normalized spacial score (nSPS) is 11.8. The minimum absolute atomic E-state index is 0.185. The predicted octanol–water partition coefficient (Wildman–Crippen LogP) is -0.0202. The fourth-order valence-corrected chi connectivity index (χ4v) is 2.42. The highest BCUT2D eigenvalue weighted by Gasteiger charge is 2.13. The molecule has 0 aliphatic rings. The number of rotatable bonds is 9. The maximum Gasteiger partial charge on any atom is 0.240 e. The first-order valence-corrected chi connectivity index (χ1v) is 7.80. The summed E-state index contributed by atoms with van der Waals surface area (Å²) >= 11 is 0. The molecule has 0 spiro atoms. The van der Waals surface area contributed by atoms with Gasteiger partial charge in [0.1, 0.15) is 5.82 Å². The third kappa shape index (κ3) is 5.83. The predicted molar refractivity (Wildman–Crippen MR) is 78.3 cm³/mol. The minimum atomic E-state index is -3.52. The van der Waals surface area contributed by atoms with Crippen LogP contribution in [0.1, 0.15) is 0 Å². The molecule has 1 aromatic rings. The summed E-state index contributed by atoms with van der Waals surface area (Å²) in [5, 5.41) is 2.80. The Bertz CT molecular complexity index is 505. The molecule has 7 nitrogen and oxygen atoms in total. The lowest BCUT2D eigenvalue weighted by Crippen LogP contribution is -2.28. The van der Waals surface area contributed by atoms with Crippen LogP contribution in [0, 0.1) is 0 Å². The van der Waals surface area contributed by atoms with Crippen LogP contribution >= 0.6 is 0 Å². The van der Waals surface area contributed by atoms with Gasteiger partial charge in [0.05, 0.1) is 18.1 Å². The molecule has 0 amide bonds. The zero-order chi connectivity index (χ0) is 15.0. The maximum atomic E-state index is 12.0. The van der Waals surface area contributed by atoms with Crippen molar-refractivity contribution < 1.29 is 13.2 Å². The van der Waals surface area contributed by atoms with E-state index in [4.69, 9.17) is 4.74 Å². The number of hydrogen-bond acceptors (Lipinski definition) is 6. The van der Waals surface area contributed by atoms with Crippen LogP contribution in [0.15, 0.2) is 23.2 Å². The fraction of sp³-hybridized carbons (Fsp3) is 0.583. The maximum absolute atomic E-state index is 12.0. The minimum Gasteiger partial charge on any atom is -0.379 e. The van der Waals surface area contributed by atoms with Crippen molar-refractivity contribution in [2.24, 2.45) is 0 Å². The average molecular weight is 302 g/mol. The van der Waals surface area contributed by atoms with Crippen molar-refractivity contribution >= 4 is 15.8 Å². The molecule has 1 aromatic heterocycles. The molecule has 0 atom stereocenters. The van der Waals surface area contributed by atoms with E-state index < -0.39 is 10.0 Å². The number of likely N-dealkylation sites (N-methyl/N-ethyl adjacent to an activating group) is 1. The topological polar surface area (TPSA) is 83.6 Å². The quantitative estimate of drug-likeness (QED) is 0.624. The number of nitrogens with one attached hydrogen (secondary N) is 2. The second-order valence-corrected chi connectivity index (χ2v) is 6.21. The van der Waals surface area contributed by atoms with Crippen molar-refractivity contribution in [1.29, 1.82) is 0 Å². The molecule has 0 aliphatic heterocycles. The van der Waals surface area contributed by atoms with E-state index in [0.29, 0.717) is 19.0 Å². The van der Waals surface area contributed by atoms with Crippen LogP contribution in [0.3, 0.4) is 0 Å². The molecule has 2 N–H and O–H groups in total. The van der Waals surface area contributed by atoms with Crippen molar-refractivity contribution in [2.75, 3.05) is 52.8 Å². The van der Waals surface area contributed by atoms with Gasteiger partial charge in [-0.1, -0.05) is 0 Å². The zero-order valence-electron chi connectivity index (χ0n) is 12.1. The van der Waals surface area contributed by atoms with Gasteiger partial charge in [-0.3, -0.25) is 0 Å². The van der Waals surface area contributed by atoms with Gasteiger partial charge in [-0.05, 0) is 20.2 Å². The van der Waals surface area contributed by atoms with Crippen molar-refractivity contribution in [3.63, 3.8) is 0 Å². The summed E-state index contributed by atoms with van der Waals surface area (Å²) in [5.74, 6) is 0.509. The molecule has 0 unspecified atom stereocenters. The number of sulfonamides is 1. The lowest BCUT2D eigenvalue weighted by molar-refractivity contribution is 0.122. The summed E-state index contributed by atoms with van der Waals surface area (Å²) in [6, 6.07) is 2.94. The second-order valence-electron chi connectivity index (χ2n) is 4.44. The molecule has 0 saturated heterocycles. The van der Waals surface area contributed by atoms with Crippen LogP contribution in [0.5, 0.6) is 0 Å². The third-order valence-corrected chi connectivity index (χ3v) is 3.98. The second kappa shape index (κ2) is 8.15. The van der Waals surface area contributed by atoms with E-state index in [1.165, 1.54) is 18.3 Å². The van der Waals surface area contributed by atoms with Crippen molar-refractivity contribution in [2.45, 2.75) is 4.90 Å². The SMILES string of the molecule is CNc1cc(S(=O)(=O)NCCOCCN(C)C)ccn1. The molecule has 20 heavy (non-hydrogen) atoms. The van der Waals surface area contributed by atoms with Gasteiger partial charge in [0.25, 0.3) is 0 Å². The molecule has 0 fully saturated rings. The Balaban J connectivity index is 2.41. The van der Waals surface area contributed by atoms with E-state index >= 15 is 0 Å². The standard InChI is InChI=1S/C12H22N4O3S/c1-13-12-10-11(4-5-14-12)20(17,18)15-6-8-19-9-7-16(2)3/h4-5,10,15H,6-9H2,1-3H3,(H,13,14). The summed E-state index contributed by atoms with van der Waals surface area (Å²) in [4.78, 5) is 6.16. The summed E-state index contributed by atoms with van der Waals surface area (Å²) in [6.45, 7) is 1.97. The molecular weight excluding hydrogens is 280 g/mol. The smallest absolute Gasteiger partial charge is 0.240 e. The summed E-state index contributed by atoms with van der Waals surface area (Å²) in [7, 11) is 2.07.